The minimum absolute atomic E-state index is 0.103. The Bertz CT molecular complexity index is 1070. The average molecular weight is 519 g/mol. The molecule has 0 radical (unpaired) electrons. The lowest BCUT2D eigenvalue weighted by atomic mass is 10.1. The van der Waals surface area contributed by atoms with Crippen LogP contribution in [0.2, 0.25) is 5.02 Å². The fourth-order valence-corrected chi connectivity index (χ4v) is 4.79. The Labute approximate surface area is 185 Å². The molecule has 1 aliphatic carbocycles. The van der Waals surface area contributed by atoms with Gasteiger partial charge in [-0.2, -0.15) is 0 Å². The lowest BCUT2D eigenvalue weighted by molar-refractivity contribution is 0.104. The monoisotopic (exact) mass is 516 g/mol. The van der Waals surface area contributed by atoms with Crippen LogP contribution in [0.4, 0.5) is 0 Å². The van der Waals surface area contributed by atoms with E-state index in [1.54, 1.807) is 0 Å². The van der Waals surface area contributed by atoms with Gasteiger partial charge in [-0.15, -0.1) is 0 Å². The summed E-state index contributed by atoms with van der Waals surface area (Å²) in [6, 6.07) is 19.3. The lowest BCUT2D eigenvalue weighted by Crippen LogP contribution is -1.98. The van der Waals surface area contributed by atoms with E-state index in [0.717, 1.165) is 42.5 Å². The van der Waals surface area contributed by atoms with Crippen LogP contribution in [0, 0.1) is 0 Å². The smallest absolute Gasteiger partial charge is 0.189 e. The summed E-state index contributed by atoms with van der Waals surface area (Å²) in [5, 5.41) is 0.701. The third-order valence-corrected chi connectivity index (χ3v) is 6.02. The van der Waals surface area contributed by atoms with E-state index < -0.39 is 0 Å². The normalized spacial score (nSPS) is 14.4. The van der Waals surface area contributed by atoms with Crippen molar-refractivity contribution in [2.75, 3.05) is 0 Å². The van der Waals surface area contributed by atoms with Gasteiger partial charge in [0.05, 0.1) is 8.95 Å². The maximum absolute atomic E-state index is 12.6. The summed E-state index contributed by atoms with van der Waals surface area (Å²) in [4.78, 5) is 12.6. The number of hydrogen-bond acceptors (Lipinski definition) is 2. The first-order valence-corrected chi connectivity index (χ1v) is 10.7. The Hall–Kier alpha value is -1.88. The van der Waals surface area contributed by atoms with Gasteiger partial charge in [-0.1, -0.05) is 48.0 Å². The van der Waals surface area contributed by atoms with Crippen molar-refractivity contribution in [1.82, 2.24) is 0 Å². The van der Waals surface area contributed by atoms with E-state index in [1.807, 2.05) is 66.7 Å². The molecule has 1 aliphatic rings. The molecule has 140 valence electrons. The van der Waals surface area contributed by atoms with Crippen LogP contribution in [0.3, 0.4) is 0 Å². The Morgan fingerprint density at radius 2 is 1.68 bits per heavy atom. The van der Waals surface area contributed by atoms with Crippen molar-refractivity contribution < 1.29 is 9.53 Å². The van der Waals surface area contributed by atoms with Crippen molar-refractivity contribution in [1.29, 1.82) is 0 Å². The van der Waals surface area contributed by atoms with Crippen LogP contribution >= 0.6 is 43.5 Å². The molecule has 2 nitrogen and oxygen atoms in total. The Morgan fingerprint density at radius 3 is 2.36 bits per heavy atom. The summed E-state index contributed by atoms with van der Waals surface area (Å²) in [7, 11) is 0. The minimum atomic E-state index is 0.103. The molecule has 0 atom stereocenters. The van der Waals surface area contributed by atoms with E-state index in [9.17, 15) is 4.79 Å². The summed E-state index contributed by atoms with van der Waals surface area (Å²) >= 11 is 13.1. The van der Waals surface area contributed by atoms with Gasteiger partial charge in [-0.3, -0.25) is 4.79 Å². The number of allylic oxidation sites excluding steroid dienone is 1. The fraction of sp³-hybridized carbons (Fsp3) is 0.0870. The van der Waals surface area contributed by atoms with Gasteiger partial charge in [-0.25, -0.2) is 0 Å². The quantitative estimate of drug-likeness (QED) is 0.340. The molecule has 0 heterocycles. The molecule has 0 saturated heterocycles. The van der Waals surface area contributed by atoms with Gasteiger partial charge in [-0.05, 0) is 78.9 Å². The molecule has 0 aliphatic heterocycles. The number of ketones is 1. The molecular weight excluding hydrogens is 504 g/mol. The second-order valence-corrected chi connectivity index (χ2v) is 8.71. The van der Waals surface area contributed by atoms with E-state index in [0.29, 0.717) is 18.1 Å². The molecular formula is C23H15Br2ClO2. The van der Waals surface area contributed by atoms with Gasteiger partial charge < -0.3 is 4.74 Å². The molecule has 4 rings (SSSR count). The molecule has 0 unspecified atom stereocenters. The van der Waals surface area contributed by atoms with Crippen LogP contribution in [-0.4, -0.2) is 5.78 Å². The molecule has 0 bridgehead atoms. The number of fused-ring (bicyclic) bond motifs is 1. The first-order chi connectivity index (χ1) is 13.5. The zero-order valence-corrected chi connectivity index (χ0v) is 18.6. The maximum atomic E-state index is 12.6. The molecule has 0 aromatic heterocycles. The number of carbonyl (C=O) groups is 1. The summed E-state index contributed by atoms with van der Waals surface area (Å²) in [6.07, 6.45) is 2.61. The van der Waals surface area contributed by atoms with Gasteiger partial charge in [0.15, 0.2) is 5.78 Å². The maximum Gasteiger partial charge on any atom is 0.189 e. The topological polar surface area (TPSA) is 26.3 Å². The van der Waals surface area contributed by atoms with E-state index in [-0.39, 0.29) is 5.78 Å². The van der Waals surface area contributed by atoms with E-state index in [2.05, 4.69) is 31.9 Å². The van der Waals surface area contributed by atoms with Gasteiger partial charge in [0, 0.05) is 22.6 Å². The molecule has 3 aromatic rings. The Balaban J connectivity index is 1.55. The number of carbonyl (C=O) groups excluding carboxylic acids is 1. The van der Waals surface area contributed by atoms with E-state index in [1.165, 1.54) is 0 Å². The van der Waals surface area contributed by atoms with Crippen molar-refractivity contribution in [3.05, 3.63) is 102 Å². The standard InChI is InChI=1S/C23H15Br2ClO2/c24-20-10-15(9-17-12-16-3-1-2-4-19(16)22(17)27)11-21(25)23(20)28-13-14-5-7-18(26)8-6-14/h1-11H,12-13H2/b17-9+. The molecule has 0 fully saturated rings. The third-order valence-electron chi connectivity index (χ3n) is 4.59. The summed E-state index contributed by atoms with van der Waals surface area (Å²) < 4.78 is 7.62. The highest BCUT2D eigenvalue weighted by molar-refractivity contribution is 9.11. The van der Waals surface area contributed by atoms with Crippen molar-refractivity contribution >= 4 is 55.3 Å². The summed E-state index contributed by atoms with van der Waals surface area (Å²) in [5.74, 6) is 0.823. The molecule has 0 saturated carbocycles. The molecule has 28 heavy (non-hydrogen) atoms. The Morgan fingerprint density at radius 1 is 1.00 bits per heavy atom. The van der Waals surface area contributed by atoms with Gasteiger partial charge >= 0.3 is 0 Å². The highest BCUT2D eigenvalue weighted by Crippen LogP contribution is 2.37. The van der Waals surface area contributed by atoms with Crippen LogP contribution in [-0.2, 0) is 13.0 Å². The second-order valence-electron chi connectivity index (χ2n) is 6.56. The predicted molar refractivity (Wildman–Crippen MR) is 120 cm³/mol. The molecule has 0 N–H and O–H groups in total. The zero-order chi connectivity index (χ0) is 19.7. The molecule has 5 heteroatoms. The van der Waals surface area contributed by atoms with Crippen LogP contribution in [0.15, 0.2) is 75.2 Å². The van der Waals surface area contributed by atoms with Gasteiger partial charge in [0.2, 0.25) is 0 Å². The van der Waals surface area contributed by atoms with Crippen molar-refractivity contribution in [2.45, 2.75) is 13.0 Å². The summed E-state index contributed by atoms with van der Waals surface area (Å²) in [6.45, 7) is 0.433. The first-order valence-electron chi connectivity index (χ1n) is 8.71. The second kappa shape index (κ2) is 8.24. The van der Waals surface area contributed by atoms with Crippen LogP contribution < -0.4 is 4.74 Å². The predicted octanol–water partition coefficient (Wildman–Crippen LogP) is 7.27. The van der Waals surface area contributed by atoms with Crippen molar-refractivity contribution in [3.8, 4) is 5.75 Å². The number of rotatable bonds is 4. The molecule has 0 spiro atoms. The van der Waals surface area contributed by atoms with Crippen LogP contribution in [0.25, 0.3) is 6.08 Å². The fourth-order valence-electron chi connectivity index (χ4n) is 3.21. The van der Waals surface area contributed by atoms with Gasteiger partial charge in [0.25, 0.3) is 0 Å². The first kappa shape index (κ1) is 19.4. The minimum Gasteiger partial charge on any atom is -0.487 e. The lowest BCUT2D eigenvalue weighted by Gasteiger charge is -2.12. The number of benzene rings is 3. The number of hydrogen-bond donors (Lipinski definition) is 0. The molecule has 0 amide bonds. The van der Waals surface area contributed by atoms with Crippen LogP contribution in [0.1, 0.15) is 27.0 Å². The number of ether oxygens (including phenoxy) is 1. The SMILES string of the molecule is O=C1/C(=C/c2cc(Br)c(OCc3ccc(Cl)cc3)c(Br)c2)Cc2ccccc21. The molecule has 3 aromatic carbocycles. The average Bonchev–Trinajstić information content (AvgIpc) is 2.98. The number of halogens is 3. The van der Waals surface area contributed by atoms with E-state index >= 15 is 0 Å². The van der Waals surface area contributed by atoms with Crippen LogP contribution in [0.5, 0.6) is 5.75 Å². The largest absolute Gasteiger partial charge is 0.487 e. The third kappa shape index (κ3) is 4.09. The Kier molecular flexibility index (Phi) is 5.72. The van der Waals surface area contributed by atoms with Crippen molar-refractivity contribution in [3.63, 3.8) is 0 Å². The highest BCUT2D eigenvalue weighted by Gasteiger charge is 2.24. The summed E-state index contributed by atoms with van der Waals surface area (Å²) in [5.41, 5.74) is 4.65. The number of Topliss-reactive ketones (excluding diaryl/α,β-unsaturated/α-hetero) is 1. The van der Waals surface area contributed by atoms with Gasteiger partial charge in [0.1, 0.15) is 12.4 Å². The van der Waals surface area contributed by atoms with E-state index in [4.69, 9.17) is 16.3 Å². The van der Waals surface area contributed by atoms with Crippen molar-refractivity contribution in [2.24, 2.45) is 0 Å². The highest BCUT2D eigenvalue weighted by atomic mass is 79.9. The zero-order valence-electron chi connectivity index (χ0n) is 14.7.